The predicted molar refractivity (Wildman–Crippen MR) is 137 cm³/mol. The van der Waals surface area contributed by atoms with E-state index in [1.165, 1.54) is 10.4 Å². The molecular formula is C27H29ClN2O3S. The minimum atomic E-state index is -0.203. The van der Waals surface area contributed by atoms with Crippen molar-refractivity contribution >= 4 is 34.8 Å². The van der Waals surface area contributed by atoms with E-state index in [2.05, 4.69) is 30.5 Å². The van der Waals surface area contributed by atoms with Gasteiger partial charge >= 0.3 is 0 Å². The number of hydrogen-bond acceptors (Lipinski definition) is 4. The Labute approximate surface area is 209 Å². The second kappa shape index (κ2) is 11.1. The maximum absolute atomic E-state index is 13.6. The molecule has 2 heterocycles. The molecule has 1 aliphatic rings. The van der Waals surface area contributed by atoms with E-state index in [-0.39, 0.29) is 31.0 Å². The third-order valence-corrected chi connectivity index (χ3v) is 7.37. The summed E-state index contributed by atoms with van der Waals surface area (Å²) in [6.45, 7) is 5.14. The first-order valence-electron chi connectivity index (χ1n) is 11.5. The number of amides is 2. The maximum atomic E-state index is 13.6. The molecule has 0 aliphatic carbocycles. The van der Waals surface area contributed by atoms with Crippen molar-refractivity contribution in [2.75, 3.05) is 26.2 Å². The van der Waals surface area contributed by atoms with Gasteiger partial charge in [0.05, 0.1) is 12.6 Å². The van der Waals surface area contributed by atoms with Crippen LogP contribution in [0.3, 0.4) is 0 Å². The summed E-state index contributed by atoms with van der Waals surface area (Å²) in [5, 5.41) is 2.71. The first-order valence-corrected chi connectivity index (χ1v) is 12.8. The number of carbonyl (C=O) groups is 2. The van der Waals surface area contributed by atoms with Crippen LogP contribution in [0.25, 0.3) is 0 Å². The van der Waals surface area contributed by atoms with E-state index in [1.54, 1.807) is 40.5 Å². The van der Waals surface area contributed by atoms with Gasteiger partial charge in [0.25, 0.3) is 5.91 Å². The van der Waals surface area contributed by atoms with E-state index in [0.29, 0.717) is 23.9 Å². The highest BCUT2D eigenvalue weighted by molar-refractivity contribution is 7.10. The standard InChI is InChI=1S/C27H29ClN2O3S/c1-3-14-29(26(32)18-33-21-10-8-20(28)9-11-21)17-25(31)30-15-12-24-23(13-16-34-24)27(30)22-7-5-4-6-19(22)2/h4-11,13,16,27H,3,12,14-15,17-18H2,1-2H3. The largest absolute Gasteiger partial charge is 0.484 e. The van der Waals surface area contributed by atoms with Gasteiger partial charge in [0.2, 0.25) is 5.91 Å². The molecule has 0 bridgehead atoms. The number of fused-ring (bicyclic) bond motifs is 1. The Morgan fingerprint density at radius 2 is 1.88 bits per heavy atom. The SMILES string of the molecule is CCCN(CC(=O)N1CCc2sccc2C1c1ccccc1C)C(=O)COc1ccc(Cl)cc1. The van der Waals surface area contributed by atoms with Gasteiger partial charge in [-0.15, -0.1) is 11.3 Å². The van der Waals surface area contributed by atoms with Gasteiger partial charge in [0.15, 0.2) is 6.61 Å². The lowest BCUT2D eigenvalue weighted by Crippen LogP contribution is -2.48. The van der Waals surface area contributed by atoms with Crippen LogP contribution < -0.4 is 4.74 Å². The van der Waals surface area contributed by atoms with Crippen molar-refractivity contribution in [2.45, 2.75) is 32.7 Å². The summed E-state index contributed by atoms with van der Waals surface area (Å²) in [7, 11) is 0. The van der Waals surface area contributed by atoms with Gasteiger partial charge in [-0.05, 0) is 72.2 Å². The first kappa shape index (κ1) is 24.3. The number of thiophene rings is 1. The molecule has 2 amide bonds. The number of ether oxygens (including phenoxy) is 1. The van der Waals surface area contributed by atoms with Gasteiger partial charge in [-0.2, -0.15) is 0 Å². The molecule has 0 spiro atoms. The van der Waals surface area contributed by atoms with Crippen molar-refractivity contribution in [3.8, 4) is 5.75 Å². The molecule has 1 aromatic heterocycles. The minimum Gasteiger partial charge on any atom is -0.484 e. The van der Waals surface area contributed by atoms with Gasteiger partial charge in [0.1, 0.15) is 5.75 Å². The number of carbonyl (C=O) groups excluding carboxylic acids is 2. The number of halogens is 1. The average Bonchev–Trinajstić information content (AvgIpc) is 3.32. The van der Waals surface area contributed by atoms with Crippen molar-refractivity contribution in [2.24, 2.45) is 0 Å². The van der Waals surface area contributed by atoms with Crippen LogP contribution in [-0.4, -0.2) is 47.9 Å². The Morgan fingerprint density at radius 3 is 2.62 bits per heavy atom. The van der Waals surface area contributed by atoms with Crippen LogP contribution in [-0.2, 0) is 16.0 Å². The van der Waals surface area contributed by atoms with Crippen LogP contribution >= 0.6 is 22.9 Å². The molecule has 0 radical (unpaired) electrons. The fourth-order valence-corrected chi connectivity index (χ4v) is 5.43. The van der Waals surface area contributed by atoms with E-state index in [9.17, 15) is 9.59 Å². The molecule has 0 fully saturated rings. The second-order valence-corrected chi connectivity index (χ2v) is 9.89. The molecule has 1 atom stereocenters. The van der Waals surface area contributed by atoms with Gasteiger partial charge in [0, 0.05) is 23.0 Å². The average molecular weight is 497 g/mol. The molecular weight excluding hydrogens is 468 g/mol. The Hall–Kier alpha value is -2.83. The normalized spacial score (nSPS) is 15.0. The quantitative estimate of drug-likeness (QED) is 0.413. The highest BCUT2D eigenvalue weighted by Crippen LogP contribution is 2.39. The monoisotopic (exact) mass is 496 g/mol. The lowest BCUT2D eigenvalue weighted by Gasteiger charge is -2.38. The number of benzene rings is 2. The predicted octanol–water partition coefficient (Wildman–Crippen LogP) is 5.50. The molecule has 0 saturated heterocycles. The van der Waals surface area contributed by atoms with Crippen LogP contribution in [0.5, 0.6) is 5.75 Å². The zero-order valence-electron chi connectivity index (χ0n) is 19.5. The van der Waals surface area contributed by atoms with Gasteiger partial charge < -0.3 is 14.5 Å². The summed E-state index contributed by atoms with van der Waals surface area (Å²) < 4.78 is 5.65. The minimum absolute atomic E-state index is 0.0402. The molecule has 2 aromatic carbocycles. The number of rotatable bonds is 8. The number of nitrogens with zero attached hydrogens (tertiary/aromatic N) is 2. The number of hydrogen-bond donors (Lipinski definition) is 0. The molecule has 0 saturated carbocycles. The van der Waals surface area contributed by atoms with Gasteiger partial charge in [-0.1, -0.05) is 42.8 Å². The Balaban J connectivity index is 1.50. The Morgan fingerprint density at radius 1 is 1.12 bits per heavy atom. The van der Waals surface area contributed by atoms with Crippen LogP contribution in [0, 0.1) is 6.92 Å². The summed E-state index contributed by atoms with van der Waals surface area (Å²) in [4.78, 5) is 31.4. The zero-order valence-corrected chi connectivity index (χ0v) is 21.1. The molecule has 7 heteroatoms. The maximum Gasteiger partial charge on any atom is 0.260 e. The third-order valence-electron chi connectivity index (χ3n) is 6.12. The Kier molecular flexibility index (Phi) is 7.91. The van der Waals surface area contributed by atoms with Crippen LogP contribution in [0.4, 0.5) is 0 Å². The van der Waals surface area contributed by atoms with E-state index < -0.39 is 0 Å². The molecule has 3 aromatic rings. The molecule has 1 aliphatic heterocycles. The molecule has 178 valence electrons. The van der Waals surface area contributed by atoms with Crippen molar-refractivity contribution in [3.63, 3.8) is 0 Å². The first-order chi connectivity index (χ1) is 16.5. The highest BCUT2D eigenvalue weighted by atomic mass is 35.5. The molecule has 1 unspecified atom stereocenters. The highest BCUT2D eigenvalue weighted by Gasteiger charge is 2.34. The molecule has 5 nitrogen and oxygen atoms in total. The fraction of sp³-hybridized carbons (Fsp3) is 0.333. The van der Waals surface area contributed by atoms with E-state index in [4.69, 9.17) is 16.3 Å². The van der Waals surface area contributed by atoms with Crippen LogP contribution in [0.15, 0.2) is 60.0 Å². The smallest absolute Gasteiger partial charge is 0.260 e. The van der Waals surface area contributed by atoms with Crippen molar-refractivity contribution < 1.29 is 14.3 Å². The van der Waals surface area contributed by atoms with Crippen molar-refractivity contribution in [3.05, 3.63) is 86.6 Å². The fourth-order valence-electron chi connectivity index (χ4n) is 4.40. The van der Waals surface area contributed by atoms with E-state index in [1.807, 2.05) is 24.0 Å². The second-order valence-electron chi connectivity index (χ2n) is 8.45. The van der Waals surface area contributed by atoms with Crippen LogP contribution in [0.1, 0.15) is 41.0 Å². The van der Waals surface area contributed by atoms with Gasteiger partial charge in [-0.25, -0.2) is 0 Å². The van der Waals surface area contributed by atoms with Gasteiger partial charge in [-0.3, -0.25) is 9.59 Å². The summed E-state index contributed by atoms with van der Waals surface area (Å²) in [5.41, 5.74) is 3.48. The third kappa shape index (κ3) is 5.45. The van der Waals surface area contributed by atoms with E-state index >= 15 is 0 Å². The Bertz CT molecular complexity index is 1140. The lowest BCUT2D eigenvalue weighted by molar-refractivity contribution is -0.142. The summed E-state index contributed by atoms with van der Waals surface area (Å²) in [6, 6.07) is 17.1. The van der Waals surface area contributed by atoms with E-state index in [0.717, 1.165) is 24.0 Å². The van der Waals surface area contributed by atoms with Crippen molar-refractivity contribution in [1.82, 2.24) is 9.80 Å². The number of aryl methyl sites for hydroxylation is 1. The topological polar surface area (TPSA) is 49.9 Å². The molecule has 4 rings (SSSR count). The summed E-state index contributed by atoms with van der Waals surface area (Å²) in [5.74, 6) is 0.324. The lowest BCUT2D eigenvalue weighted by atomic mass is 9.90. The van der Waals surface area contributed by atoms with Crippen molar-refractivity contribution in [1.29, 1.82) is 0 Å². The van der Waals surface area contributed by atoms with Crippen LogP contribution in [0.2, 0.25) is 5.02 Å². The molecule has 0 N–H and O–H groups in total. The summed E-state index contributed by atoms with van der Waals surface area (Å²) >= 11 is 7.66. The summed E-state index contributed by atoms with van der Waals surface area (Å²) in [6.07, 6.45) is 1.60. The zero-order chi connectivity index (χ0) is 24.1. The molecule has 34 heavy (non-hydrogen) atoms.